The number of aromatic nitrogens is 2. The predicted octanol–water partition coefficient (Wildman–Crippen LogP) is 1.83. The molecule has 0 fully saturated rings. The van der Waals surface area contributed by atoms with Crippen molar-refractivity contribution < 1.29 is 14.3 Å². The smallest absolute Gasteiger partial charge is 0.328 e. The van der Waals surface area contributed by atoms with Gasteiger partial charge in [0.2, 0.25) is 11.8 Å². The van der Waals surface area contributed by atoms with Gasteiger partial charge in [0, 0.05) is 17.7 Å². The van der Waals surface area contributed by atoms with Gasteiger partial charge in [-0.1, -0.05) is 18.2 Å². The number of rotatable bonds is 3. The Kier molecular flexibility index (Phi) is 2.77. The van der Waals surface area contributed by atoms with Crippen LogP contribution in [-0.4, -0.2) is 21.3 Å². The van der Waals surface area contributed by atoms with Gasteiger partial charge >= 0.3 is 5.97 Å². The number of benzene rings is 1. The number of nitrogens with zero attached hydrogens (tertiary/aromatic N) is 2. The summed E-state index contributed by atoms with van der Waals surface area (Å²) in [6, 6.07) is 9.25. The Hall–Kier alpha value is -2.43. The minimum Gasteiger partial charge on any atom is -0.478 e. The molecule has 16 heavy (non-hydrogen) atoms. The quantitative estimate of drug-likeness (QED) is 0.792. The molecular weight excluding hydrogens is 208 g/mol. The first-order valence-corrected chi connectivity index (χ1v) is 4.55. The average molecular weight is 216 g/mol. The van der Waals surface area contributed by atoms with E-state index in [-0.39, 0.29) is 5.89 Å². The van der Waals surface area contributed by atoms with Crippen molar-refractivity contribution in [3.63, 3.8) is 0 Å². The van der Waals surface area contributed by atoms with Gasteiger partial charge in [-0.2, -0.15) is 0 Å². The SMILES string of the molecule is O=C(O)/C=C\c1nnc(-c2ccccc2)o1. The zero-order valence-corrected chi connectivity index (χ0v) is 8.20. The fraction of sp³-hybridized carbons (Fsp3) is 0. The lowest BCUT2D eigenvalue weighted by Crippen LogP contribution is -1.85. The molecule has 1 aromatic carbocycles. The molecule has 0 spiro atoms. The Morgan fingerprint density at radius 3 is 2.69 bits per heavy atom. The Morgan fingerprint density at radius 2 is 2.00 bits per heavy atom. The van der Waals surface area contributed by atoms with Crippen LogP contribution in [0.4, 0.5) is 0 Å². The number of carboxylic acids is 1. The second kappa shape index (κ2) is 4.39. The van der Waals surface area contributed by atoms with Crippen LogP contribution in [0.2, 0.25) is 0 Å². The first-order chi connectivity index (χ1) is 7.75. The number of carboxylic acid groups (broad SMARTS) is 1. The maximum atomic E-state index is 10.3. The first-order valence-electron chi connectivity index (χ1n) is 4.55. The van der Waals surface area contributed by atoms with Gasteiger partial charge in [0.1, 0.15) is 0 Å². The highest BCUT2D eigenvalue weighted by Crippen LogP contribution is 2.17. The van der Waals surface area contributed by atoms with Crippen LogP contribution in [0.5, 0.6) is 0 Å². The topological polar surface area (TPSA) is 76.2 Å². The van der Waals surface area contributed by atoms with Crippen molar-refractivity contribution in [2.75, 3.05) is 0 Å². The van der Waals surface area contributed by atoms with Crippen LogP contribution in [0.3, 0.4) is 0 Å². The summed E-state index contributed by atoms with van der Waals surface area (Å²) in [5.74, 6) is -0.522. The molecule has 5 heteroatoms. The minimum atomic E-state index is -1.06. The number of hydrogen-bond acceptors (Lipinski definition) is 4. The van der Waals surface area contributed by atoms with Crippen LogP contribution >= 0.6 is 0 Å². The molecule has 0 saturated carbocycles. The van der Waals surface area contributed by atoms with Crippen molar-refractivity contribution in [3.05, 3.63) is 42.3 Å². The molecule has 0 unspecified atom stereocenters. The maximum Gasteiger partial charge on any atom is 0.328 e. The molecule has 0 aliphatic rings. The van der Waals surface area contributed by atoms with Gasteiger partial charge in [-0.3, -0.25) is 0 Å². The molecule has 2 rings (SSSR count). The Morgan fingerprint density at radius 1 is 1.25 bits per heavy atom. The average Bonchev–Trinajstić information content (AvgIpc) is 2.76. The first kappa shape index (κ1) is 10.1. The van der Waals surface area contributed by atoms with E-state index in [9.17, 15) is 4.79 Å². The van der Waals surface area contributed by atoms with Gasteiger partial charge < -0.3 is 9.52 Å². The number of aliphatic carboxylic acids is 1. The fourth-order valence-corrected chi connectivity index (χ4v) is 1.14. The Balaban J connectivity index is 2.23. The third-order valence-corrected chi connectivity index (χ3v) is 1.83. The van der Waals surface area contributed by atoms with Crippen LogP contribution in [-0.2, 0) is 4.79 Å². The summed E-state index contributed by atoms with van der Waals surface area (Å²) in [5, 5.41) is 15.9. The molecule has 1 aromatic heterocycles. The van der Waals surface area contributed by atoms with Crippen molar-refractivity contribution in [1.82, 2.24) is 10.2 Å². The molecular formula is C11H8N2O3. The molecule has 0 saturated heterocycles. The second-order valence-electron chi connectivity index (χ2n) is 2.98. The Labute approximate surface area is 91.1 Å². The molecule has 1 N–H and O–H groups in total. The molecule has 0 aliphatic carbocycles. The van der Waals surface area contributed by atoms with Crippen molar-refractivity contribution in [1.29, 1.82) is 0 Å². The van der Waals surface area contributed by atoms with E-state index in [0.717, 1.165) is 11.6 Å². The van der Waals surface area contributed by atoms with Crippen LogP contribution in [0.1, 0.15) is 5.89 Å². The number of hydrogen-bond donors (Lipinski definition) is 1. The van der Waals surface area contributed by atoms with Gasteiger partial charge in [0.25, 0.3) is 0 Å². The van der Waals surface area contributed by atoms with Crippen LogP contribution in [0, 0.1) is 0 Å². The highest BCUT2D eigenvalue weighted by Gasteiger charge is 2.05. The summed E-state index contributed by atoms with van der Waals surface area (Å²) in [7, 11) is 0. The van der Waals surface area contributed by atoms with Gasteiger partial charge in [-0.05, 0) is 12.1 Å². The lowest BCUT2D eigenvalue weighted by Gasteiger charge is -1.90. The minimum absolute atomic E-state index is 0.168. The molecule has 0 radical (unpaired) electrons. The monoisotopic (exact) mass is 216 g/mol. The van der Waals surface area contributed by atoms with E-state index in [4.69, 9.17) is 9.52 Å². The number of carbonyl (C=O) groups is 1. The highest BCUT2D eigenvalue weighted by atomic mass is 16.4. The summed E-state index contributed by atoms with van der Waals surface area (Å²) < 4.78 is 5.25. The third kappa shape index (κ3) is 2.33. The van der Waals surface area contributed by atoms with Crippen molar-refractivity contribution in [2.45, 2.75) is 0 Å². The molecule has 1 heterocycles. The molecule has 80 valence electrons. The lowest BCUT2D eigenvalue weighted by molar-refractivity contribution is -0.131. The largest absolute Gasteiger partial charge is 0.478 e. The normalized spacial score (nSPS) is 10.8. The second-order valence-corrected chi connectivity index (χ2v) is 2.98. The van der Waals surface area contributed by atoms with Gasteiger partial charge in [0.15, 0.2) is 0 Å². The van der Waals surface area contributed by atoms with E-state index in [1.54, 1.807) is 0 Å². The zero-order chi connectivity index (χ0) is 11.4. The van der Waals surface area contributed by atoms with Crippen molar-refractivity contribution in [2.24, 2.45) is 0 Å². The molecule has 2 aromatic rings. The summed E-state index contributed by atoms with van der Waals surface area (Å²) >= 11 is 0. The van der Waals surface area contributed by atoms with Crippen LogP contribution in [0.15, 0.2) is 40.8 Å². The van der Waals surface area contributed by atoms with E-state index in [1.165, 1.54) is 6.08 Å². The molecule has 5 nitrogen and oxygen atoms in total. The van der Waals surface area contributed by atoms with E-state index in [1.807, 2.05) is 30.3 Å². The maximum absolute atomic E-state index is 10.3. The summed E-state index contributed by atoms with van der Waals surface area (Å²) in [4.78, 5) is 10.3. The van der Waals surface area contributed by atoms with Crippen LogP contribution < -0.4 is 0 Å². The molecule has 0 bridgehead atoms. The predicted molar refractivity (Wildman–Crippen MR) is 56.4 cm³/mol. The molecule has 0 aliphatic heterocycles. The third-order valence-electron chi connectivity index (χ3n) is 1.83. The highest BCUT2D eigenvalue weighted by molar-refractivity contribution is 5.84. The molecule has 0 amide bonds. The van der Waals surface area contributed by atoms with Gasteiger partial charge in [0.05, 0.1) is 0 Å². The van der Waals surface area contributed by atoms with Crippen molar-refractivity contribution >= 4 is 12.0 Å². The van der Waals surface area contributed by atoms with E-state index >= 15 is 0 Å². The standard InChI is InChI=1S/C11H8N2O3/c14-10(15)7-6-9-12-13-11(16-9)8-4-2-1-3-5-8/h1-7H,(H,14,15)/b7-6-. The lowest BCUT2D eigenvalue weighted by atomic mass is 10.2. The van der Waals surface area contributed by atoms with E-state index in [2.05, 4.69) is 10.2 Å². The summed E-state index contributed by atoms with van der Waals surface area (Å²) in [6.07, 6.45) is 2.20. The van der Waals surface area contributed by atoms with E-state index in [0.29, 0.717) is 5.89 Å². The fourth-order valence-electron chi connectivity index (χ4n) is 1.14. The van der Waals surface area contributed by atoms with Gasteiger partial charge in [-0.25, -0.2) is 4.79 Å². The van der Waals surface area contributed by atoms with Crippen LogP contribution in [0.25, 0.3) is 17.5 Å². The zero-order valence-electron chi connectivity index (χ0n) is 8.20. The Bertz CT molecular complexity index is 517. The van der Waals surface area contributed by atoms with Gasteiger partial charge in [-0.15, -0.1) is 10.2 Å². The van der Waals surface area contributed by atoms with Crippen molar-refractivity contribution in [3.8, 4) is 11.5 Å². The summed E-state index contributed by atoms with van der Waals surface area (Å²) in [5.41, 5.74) is 0.796. The molecule has 0 atom stereocenters. The summed E-state index contributed by atoms with van der Waals surface area (Å²) in [6.45, 7) is 0. The van der Waals surface area contributed by atoms with E-state index < -0.39 is 5.97 Å².